The van der Waals surface area contributed by atoms with Gasteiger partial charge in [-0.3, -0.25) is 4.90 Å². The molecule has 2 rings (SSSR count). The highest BCUT2D eigenvalue weighted by Gasteiger charge is 2.22. The standard InChI is InChI=1S/C14H20Cl2N2/c1-10(12-2-3-13(15)14(16)8-12)18-6-4-11(9-17)5-7-18/h2-3,8,10-11H,4-7,9,17H2,1H3. The Bertz CT molecular complexity index is 401. The molecule has 2 N–H and O–H groups in total. The molecule has 1 saturated heterocycles. The molecule has 0 saturated carbocycles. The van der Waals surface area contributed by atoms with Gasteiger partial charge in [0.05, 0.1) is 10.0 Å². The fourth-order valence-electron chi connectivity index (χ4n) is 2.56. The van der Waals surface area contributed by atoms with E-state index in [0.29, 0.717) is 22.0 Å². The summed E-state index contributed by atoms with van der Waals surface area (Å²) in [4.78, 5) is 2.49. The van der Waals surface area contributed by atoms with Crippen molar-refractivity contribution in [2.24, 2.45) is 11.7 Å². The van der Waals surface area contributed by atoms with Crippen molar-refractivity contribution in [1.29, 1.82) is 0 Å². The van der Waals surface area contributed by atoms with Crippen molar-refractivity contribution in [3.05, 3.63) is 33.8 Å². The highest BCUT2D eigenvalue weighted by molar-refractivity contribution is 6.42. The summed E-state index contributed by atoms with van der Waals surface area (Å²) in [6.45, 7) is 5.27. The average molecular weight is 287 g/mol. The van der Waals surface area contributed by atoms with Gasteiger partial charge in [-0.15, -0.1) is 0 Å². The summed E-state index contributed by atoms with van der Waals surface area (Å²) in [6.07, 6.45) is 2.39. The van der Waals surface area contributed by atoms with E-state index in [0.717, 1.165) is 19.6 Å². The van der Waals surface area contributed by atoms with Crippen LogP contribution in [0, 0.1) is 5.92 Å². The molecule has 1 atom stereocenters. The van der Waals surface area contributed by atoms with E-state index < -0.39 is 0 Å². The summed E-state index contributed by atoms with van der Waals surface area (Å²) in [5.74, 6) is 0.697. The largest absolute Gasteiger partial charge is 0.330 e. The van der Waals surface area contributed by atoms with Crippen LogP contribution in [0.25, 0.3) is 0 Å². The summed E-state index contributed by atoms with van der Waals surface area (Å²) < 4.78 is 0. The molecule has 1 aromatic rings. The number of hydrogen-bond acceptors (Lipinski definition) is 2. The minimum atomic E-state index is 0.387. The first-order valence-corrected chi connectivity index (χ1v) is 7.26. The van der Waals surface area contributed by atoms with Gasteiger partial charge in [0.2, 0.25) is 0 Å². The predicted molar refractivity (Wildman–Crippen MR) is 78.2 cm³/mol. The summed E-state index contributed by atoms with van der Waals surface area (Å²) in [5.41, 5.74) is 6.95. The Morgan fingerprint density at radius 3 is 2.50 bits per heavy atom. The van der Waals surface area contributed by atoms with Crippen molar-refractivity contribution in [2.45, 2.75) is 25.8 Å². The third-order valence-electron chi connectivity index (χ3n) is 3.96. The molecule has 0 amide bonds. The van der Waals surface area contributed by atoms with Crippen molar-refractivity contribution in [1.82, 2.24) is 4.90 Å². The molecule has 18 heavy (non-hydrogen) atoms. The maximum Gasteiger partial charge on any atom is 0.0595 e. The second kappa shape index (κ2) is 6.25. The molecule has 0 radical (unpaired) electrons. The lowest BCUT2D eigenvalue weighted by Crippen LogP contribution is -2.37. The van der Waals surface area contributed by atoms with E-state index in [1.54, 1.807) is 0 Å². The monoisotopic (exact) mass is 286 g/mol. The Morgan fingerprint density at radius 1 is 1.28 bits per heavy atom. The van der Waals surface area contributed by atoms with E-state index in [4.69, 9.17) is 28.9 Å². The molecule has 1 fully saturated rings. The van der Waals surface area contributed by atoms with E-state index in [1.807, 2.05) is 12.1 Å². The second-order valence-corrected chi connectivity index (χ2v) is 5.88. The van der Waals surface area contributed by atoms with Crippen molar-refractivity contribution >= 4 is 23.2 Å². The summed E-state index contributed by atoms with van der Waals surface area (Å²) >= 11 is 12.0. The van der Waals surface area contributed by atoms with Crippen molar-refractivity contribution in [3.63, 3.8) is 0 Å². The van der Waals surface area contributed by atoms with E-state index >= 15 is 0 Å². The third kappa shape index (κ3) is 3.18. The fourth-order valence-corrected chi connectivity index (χ4v) is 2.87. The average Bonchev–Trinajstić information content (AvgIpc) is 2.41. The van der Waals surface area contributed by atoms with E-state index in [9.17, 15) is 0 Å². The molecule has 2 nitrogen and oxygen atoms in total. The van der Waals surface area contributed by atoms with Crippen LogP contribution in [-0.4, -0.2) is 24.5 Å². The molecule has 0 spiro atoms. The van der Waals surface area contributed by atoms with Gasteiger partial charge in [0.25, 0.3) is 0 Å². The van der Waals surface area contributed by atoms with Crippen LogP contribution >= 0.6 is 23.2 Å². The molecule has 0 aliphatic carbocycles. The van der Waals surface area contributed by atoms with Gasteiger partial charge in [-0.05, 0) is 63.0 Å². The van der Waals surface area contributed by atoms with Gasteiger partial charge in [-0.25, -0.2) is 0 Å². The lowest BCUT2D eigenvalue weighted by atomic mass is 9.95. The molecule has 1 aromatic carbocycles. The Kier molecular flexibility index (Phi) is 4.91. The minimum Gasteiger partial charge on any atom is -0.330 e. The SMILES string of the molecule is CC(c1ccc(Cl)c(Cl)c1)N1CCC(CN)CC1. The summed E-state index contributed by atoms with van der Waals surface area (Å²) in [5, 5.41) is 1.26. The lowest BCUT2D eigenvalue weighted by Gasteiger charge is -2.36. The second-order valence-electron chi connectivity index (χ2n) is 5.06. The minimum absolute atomic E-state index is 0.387. The molecular weight excluding hydrogens is 267 g/mol. The van der Waals surface area contributed by atoms with Crippen molar-refractivity contribution in [2.75, 3.05) is 19.6 Å². The molecule has 4 heteroatoms. The van der Waals surface area contributed by atoms with Crippen LogP contribution in [0.3, 0.4) is 0 Å². The van der Waals surface area contributed by atoms with Crippen LogP contribution < -0.4 is 5.73 Å². The first-order valence-electron chi connectivity index (χ1n) is 6.51. The zero-order valence-electron chi connectivity index (χ0n) is 10.7. The molecule has 1 aliphatic heterocycles. The van der Waals surface area contributed by atoms with Gasteiger partial charge < -0.3 is 5.73 Å². The van der Waals surface area contributed by atoms with Crippen molar-refractivity contribution < 1.29 is 0 Å². The molecule has 1 unspecified atom stereocenters. The lowest BCUT2D eigenvalue weighted by molar-refractivity contribution is 0.143. The smallest absolute Gasteiger partial charge is 0.0595 e. The zero-order chi connectivity index (χ0) is 13.1. The number of likely N-dealkylation sites (tertiary alicyclic amines) is 1. The first kappa shape index (κ1) is 14.1. The number of halogens is 2. The van der Waals surface area contributed by atoms with E-state index in [1.165, 1.54) is 18.4 Å². The van der Waals surface area contributed by atoms with Crippen molar-refractivity contribution in [3.8, 4) is 0 Å². The van der Waals surface area contributed by atoms with Crippen LogP contribution in [0.1, 0.15) is 31.4 Å². The van der Waals surface area contributed by atoms with Gasteiger partial charge in [0.1, 0.15) is 0 Å². The molecule has 100 valence electrons. The maximum absolute atomic E-state index is 6.08. The number of nitrogens with zero attached hydrogens (tertiary/aromatic N) is 1. The highest BCUT2D eigenvalue weighted by Crippen LogP contribution is 2.30. The highest BCUT2D eigenvalue weighted by atomic mass is 35.5. The summed E-state index contributed by atoms with van der Waals surface area (Å²) in [6, 6.07) is 6.30. The third-order valence-corrected chi connectivity index (χ3v) is 4.70. The Morgan fingerprint density at radius 2 is 1.94 bits per heavy atom. The maximum atomic E-state index is 6.08. The number of nitrogens with two attached hydrogens (primary N) is 1. The molecule has 1 aliphatic rings. The topological polar surface area (TPSA) is 29.3 Å². The molecule has 0 aromatic heterocycles. The number of rotatable bonds is 3. The van der Waals surface area contributed by atoms with Crippen LogP contribution in [-0.2, 0) is 0 Å². The van der Waals surface area contributed by atoms with E-state index in [2.05, 4.69) is 17.9 Å². The van der Waals surface area contributed by atoms with Crippen LogP contribution in [0.2, 0.25) is 10.0 Å². The molecular formula is C14H20Cl2N2. The summed E-state index contributed by atoms with van der Waals surface area (Å²) in [7, 11) is 0. The van der Waals surface area contributed by atoms with Crippen LogP contribution in [0.5, 0.6) is 0 Å². The normalized spacial score (nSPS) is 20.0. The quantitative estimate of drug-likeness (QED) is 0.918. The number of piperidine rings is 1. The van der Waals surface area contributed by atoms with Gasteiger partial charge in [0.15, 0.2) is 0 Å². The number of benzene rings is 1. The molecule has 1 heterocycles. The molecule has 0 bridgehead atoms. The fraction of sp³-hybridized carbons (Fsp3) is 0.571. The Labute approximate surface area is 119 Å². The van der Waals surface area contributed by atoms with E-state index in [-0.39, 0.29) is 0 Å². The predicted octanol–water partition coefficient (Wildman–Crippen LogP) is 3.73. The van der Waals surface area contributed by atoms with Gasteiger partial charge in [-0.2, -0.15) is 0 Å². The number of hydrogen-bond donors (Lipinski definition) is 1. The van der Waals surface area contributed by atoms with Crippen LogP contribution in [0.4, 0.5) is 0 Å². The van der Waals surface area contributed by atoms with Gasteiger partial charge >= 0.3 is 0 Å². The van der Waals surface area contributed by atoms with Gasteiger partial charge in [0, 0.05) is 6.04 Å². The Hall–Kier alpha value is -0.280. The van der Waals surface area contributed by atoms with Gasteiger partial charge in [-0.1, -0.05) is 29.3 Å². The Balaban J connectivity index is 2.03. The van der Waals surface area contributed by atoms with Crippen LogP contribution in [0.15, 0.2) is 18.2 Å². The first-order chi connectivity index (χ1) is 8.61. The zero-order valence-corrected chi connectivity index (χ0v) is 12.2.